The van der Waals surface area contributed by atoms with Gasteiger partial charge in [0.2, 0.25) is 0 Å². The zero-order valence-corrected chi connectivity index (χ0v) is 12.0. The van der Waals surface area contributed by atoms with E-state index in [4.69, 9.17) is 5.73 Å². The summed E-state index contributed by atoms with van der Waals surface area (Å²) in [5.41, 5.74) is 8.20. The largest absolute Gasteiger partial charge is 0.399 e. The number of carbonyl (C=O) groups excluding carboxylic acids is 1. The Morgan fingerprint density at radius 1 is 1.40 bits per heavy atom. The molecule has 2 aromatic rings. The van der Waals surface area contributed by atoms with Crippen LogP contribution in [0.2, 0.25) is 0 Å². The first-order valence-corrected chi connectivity index (χ1v) is 7.15. The van der Waals surface area contributed by atoms with Gasteiger partial charge in [-0.25, -0.2) is 0 Å². The Morgan fingerprint density at radius 2 is 2.20 bits per heavy atom. The van der Waals surface area contributed by atoms with Gasteiger partial charge < -0.3 is 16.0 Å². The highest BCUT2D eigenvalue weighted by Gasteiger charge is 2.35. The predicted octanol–water partition coefficient (Wildman–Crippen LogP) is 3.06. The van der Waals surface area contributed by atoms with Crippen LogP contribution in [0, 0.1) is 5.41 Å². The van der Waals surface area contributed by atoms with E-state index in [0.29, 0.717) is 11.4 Å². The molecule has 1 heterocycles. The van der Waals surface area contributed by atoms with Crippen LogP contribution >= 0.6 is 0 Å². The zero-order valence-electron chi connectivity index (χ0n) is 12.0. The molecule has 1 aromatic carbocycles. The fraction of sp³-hybridized carbons (Fsp3) is 0.438. The van der Waals surface area contributed by atoms with Crippen molar-refractivity contribution in [3.05, 3.63) is 30.0 Å². The number of rotatable bonds is 2. The second-order valence-corrected chi connectivity index (χ2v) is 6.44. The van der Waals surface area contributed by atoms with E-state index >= 15 is 0 Å². The molecule has 4 nitrogen and oxygen atoms in total. The molecule has 1 aromatic heterocycles. The molecule has 1 aliphatic carbocycles. The lowest BCUT2D eigenvalue weighted by atomic mass is 9.87. The van der Waals surface area contributed by atoms with Crippen molar-refractivity contribution in [2.24, 2.45) is 5.41 Å². The van der Waals surface area contributed by atoms with E-state index in [2.05, 4.69) is 24.1 Å². The van der Waals surface area contributed by atoms with E-state index in [-0.39, 0.29) is 17.4 Å². The van der Waals surface area contributed by atoms with Crippen molar-refractivity contribution in [1.82, 2.24) is 10.3 Å². The van der Waals surface area contributed by atoms with E-state index in [0.717, 1.165) is 17.3 Å². The quantitative estimate of drug-likeness (QED) is 0.735. The molecular weight excluding hydrogens is 250 g/mol. The van der Waals surface area contributed by atoms with Crippen molar-refractivity contribution in [2.75, 3.05) is 5.73 Å². The average molecular weight is 271 g/mol. The molecule has 0 bridgehead atoms. The summed E-state index contributed by atoms with van der Waals surface area (Å²) in [5.74, 6) is -0.0280. The van der Waals surface area contributed by atoms with Crippen molar-refractivity contribution in [3.63, 3.8) is 0 Å². The van der Waals surface area contributed by atoms with Gasteiger partial charge in [-0.15, -0.1) is 0 Å². The van der Waals surface area contributed by atoms with Crippen molar-refractivity contribution < 1.29 is 4.79 Å². The lowest BCUT2D eigenvalue weighted by molar-refractivity contribution is 0.0906. The first-order chi connectivity index (χ1) is 9.45. The molecule has 0 radical (unpaired) electrons. The minimum Gasteiger partial charge on any atom is -0.399 e. The van der Waals surface area contributed by atoms with Crippen molar-refractivity contribution in [3.8, 4) is 0 Å². The summed E-state index contributed by atoms with van der Waals surface area (Å²) in [6, 6.07) is 7.73. The van der Waals surface area contributed by atoms with Crippen LogP contribution in [-0.2, 0) is 0 Å². The molecule has 0 spiro atoms. The monoisotopic (exact) mass is 271 g/mol. The number of hydrogen-bond donors (Lipinski definition) is 3. The maximum absolute atomic E-state index is 12.4. The van der Waals surface area contributed by atoms with Crippen LogP contribution in [0.3, 0.4) is 0 Å². The van der Waals surface area contributed by atoms with Crippen LogP contribution in [-0.4, -0.2) is 16.9 Å². The number of fused-ring (bicyclic) bond motifs is 1. The smallest absolute Gasteiger partial charge is 0.267 e. The van der Waals surface area contributed by atoms with Gasteiger partial charge in [-0.2, -0.15) is 0 Å². The third kappa shape index (κ3) is 2.26. The minimum atomic E-state index is -0.0280. The highest BCUT2D eigenvalue weighted by molar-refractivity contribution is 5.98. The second-order valence-electron chi connectivity index (χ2n) is 6.44. The third-order valence-electron chi connectivity index (χ3n) is 4.45. The molecule has 1 unspecified atom stereocenters. The Hall–Kier alpha value is -1.97. The summed E-state index contributed by atoms with van der Waals surface area (Å²) in [7, 11) is 0. The molecule has 4 N–H and O–H groups in total. The van der Waals surface area contributed by atoms with E-state index in [1.807, 2.05) is 24.3 Å². The maximum Gasteiger partial charge on any atom is 0.267 e. The number of hydrogen-bond acceptors (Lipinski definition) is 2. The van der Waals surface area contributed by atoms with Gasteiger partial charge in [-0.3, -0.25) is 4.79 Å². The van der Waals surface area contributed by atoms with Crippen molar-refractivity contribution >= 4 is 22.5 Å². The van der Waals surface area contributed by atoms with Gasteiger partial charge in [0.1, 0.15) is 5.69 Å². The van der Waals surface area contributed by atoms with E-state index < -0.39 is 0 Å². The first kappa shape index (κ1) is 13.0. The van der Waals surface area contributed by atoms with Crippen molar-refractivity contribution in [2.45, 2.75) is 39.2 Å². The van der Waals surface area contributed by atoms with E-state index in [9.17, 15) is 4.79 Å². The van der Waals surface area contributed by atoms with E-state index in [1.54, 1.807) is 0 Å². The topological polar surface area (TPSA) is 70.9 Å². The number of nitrogens with one attached hydrogen (secondary N) is 2. The zero-order chi connectivity index (χ0) is 14.3. The van der Waals surface area contributed by atoms with Crippen LogP contribution in [0.5, 0.6) is 0 Å². The van der Waals surface area contributed by atoms with Gasteiger partial charge in [-0.05, 0) is 42.5 Å². The molecular formula is C16H21N3O. The van der Waals surface area contributed by atoms with Gasteiger partial charge in [0, 0.05) is 22.6 Å². The highest BCUT2D eigenvalue weighted by atomic mass is 16.1. The Morgan fingerprint density at radius 3 is 2.90 bits per heavy atom. The SMILES string of the molecule is CC1(C)CCCC1NC(=O)c1cc2cc(N)ccc2[nH]1. The first-order valence-electron chi connectivity index (χ1n) is 7.15. The highest BCUT2D eigenvalue weighted by Crippen LogP contribution is 2.37. The normalized spacial score (nSPS) is 21.2. The standard InChI is InChI=1S/C16H21N3O/c1-16(2)7-3-4-14(16)19-15(20)13-9-10-8-11(17)5-6-12(10)18-13/h5-6,8-9,14,18H,3-4,7,17H2,1-2H3,(H,19,20). The average Bonchev–Trinajstić information content (AvgIpc) is 2.93. The number of aromatic amines is 1. The molecule has 0 saturated heterocycles. The van der Waals surface area contributed by atoms with Crippen LogP contribution in [0.4, 0.5) is 5.69 Å². The molecule has 20 heavy (non-hydrogen) atoms. The number of amides is 1. The molecule has 3 rings (SSSR count). The molecule has 4 heteroatoms. The Balaban J connectivity index is 1.82. The number of anilines is 1. The van der Waals surface area contributed by atoms with Crippen LogP contribution < -0.4 is 11.1 Å². The molecule has 1 atom stereocenters. The molecule has 1 saturated carbocycles. The van der Waals surface area contributed by atoms with Crippen molar-refractivity contribution in [1.29, 1.82) is 0 Å². The summed E-state index contributed by atoms with van der Waals surface area (Å²) in [6.45, 7) is 4.44. The summed E-state index contributed by atoms with van der Waals surface area (Å²) in [4.78, 5) is 15.5. The fourth-order valence-corrected chi connectivity index (χ4v) is 3.10. The summed E-state index contributed by atoms with van der Waals surface area (Å²) >= 11 is 0. The minimum absolute atomic E-state index is 0.0280. The maximum atomic E-state index is 12.4. The number of carbonyl (C=O) groups is 1. The number of H-pyrrole nitrogens is 1. The van der Waals surface area contributed by atoms with Crippen LogP contribution in [0.15, 0.2) is 24.3 Å². The number of nitrogen functional groups attached to an aromatic ring is 1. The Bertz CT molecular complexity index is 657. The third-order valence-corrected chi connectivity index (χ3v) is 4.45. The molecule has 1 fully saturated rings. The van der Waals surface area contributed by atoms with Gasteiger partial charge in [0.25, 0.3) is 5.91 Å². The Kier molecular flexibility index (Phi) is 2.96. The Labute approximate surface area is 118 Å². The molecule has 1 amide bonds. The lowest BCUT2D eigenvalue weighted by Gasteiger charge is -2.27. The molecule has 106 valence electrons. The predicted molar refractivity (Wildman–Crippen MR) is 81.6 cm³/mol. The number of benzene rings is 1. The molecule has 0 aliphatic heterocycles. The van der Waals surface area contributed by atoms with Gasteiger partial charge in [0.05, 0.1) is 0 Å². The summed E-state index contributed by atoms with van der Waals surface area (Å²) in [6.07, 6.45) is 3.41. The van der Waals surface area contributed by atoms with Gasteiger partial charge in [-0.1, -0.05) is 20.3 Å². The molecule has 1 aliphatic rings. The number of aromatic nitrogens is 1. The van der Waals surface area contributed by atoms with Crippen LogP contribution in [0.1, 0.15) is 43.6 Å². The lowest BCUT2D eigenvalue weighted by Crippen LogP contribution is -2.41. The fourth-order valence-electron chi connectivity index (χ4n) is 3.10. The second kappa shape index (κ2) is 4.54. The summed E-state index contributed by atoms with van der Waals surface area (Å²) < 4.78 is 0. The van der Waals surface area contributed by atoms with E-state index in [1.165, 1.54) is 12.8 Å². The number of nitrogens with two attached hydrogens (primary N) is 1. The van der Waals surface area contributed by atoms with Gasteiger partial charge in [0.15, 0.2) is 0 Å². The summed E-state index contributed by atoms with van der Waals surface area (Å²) in [5, 5.41) is 4.13. The van der Waals surface area contributed by atoms with Gasteiger partial charge >= 0.3 is 0 Å². The van der Waals surface area contributed by atoms with Crippen LogP contribution in [0.25, 0.3) is 10.9 Å².